The summed E-state index contributed by atoms with van der Waals surface area (Å²) in [7, 11) is 0. The van der Waals surface area contributed by atoms with Crippen molar-refractivity contribution in [2.24, 2.45) is 0 Å². The minimum absolute atomic E-state index is 0.145. The Morgan fingerprint density at radius 1 is 1.03 bits per heavy atom. The number of halogens is 3. The molecule has 3 aromatic rings. The fourth-order valence-electron chi connectivity index (χ4n) is 5.18. The highest BCUT2D eigenvalue weighted by Crippen LogP contribution is 2.39. The zero-order valence-electron chi connectivity index (χ0n) is 17.5. The van der Waals surface area contributed by atoms with Crippen molar-refractivity contribution in [1.82, 2.24) is 4.90 Å². The third-order valence-corrected chi connectivity index (χ3v) is 6.71. The van der Waals surface area contributed by atoms with Gasteiger partial charge in [0, 0.05) is 28.1 Å². The fourth-order valence-corrected chi connectivity index (χ4v) is 5.18. The van der Waals surface area contributed by atoms with Gasteiger partial charge in [-0.1, -0.05) is 18.6 Å². The monoisotopic (exact) mass is 443 g/mol. The number of rotatable bonds is 4. The van der Waals surface area contributed by atoms with Gasteiger partial charge in [-0.2, -0.15) is 0 Å². The Morgan fingerprint density at radius 3 is 2.72 bits per heavy atom. The summed E-state index contributed by atoms with van der Waals surface area (Å²) in [5.41, 5.74) is 2.40. The van der Waals surface area contributed by atoms with E-state index in [1.54, 1.807) is 24.5 Å². The fraction of sp³-hybridized carbons (Fsp3) is 0.400. The zero-order chi connectivity index (χ0) is 22.3. The molecule has 0 spiro atoms. The van der Waals surface area contributed by atoms with Gasteiger partial charge in [-0.25, -0.2) is 0 Å². The lowest BCUT2D eigenvalue weighted by atomic mass is 9.82. The van der Waals surface area contributed by atoms with Crippen molar-refractivity contribution >= 4 is 16.8 Å². The van der Waals surface area contributed by atoms with Crippen molar-refractivity contribution in [2.75, 3.05) is 13.1 Å². The van der Waals surface area contributed by atoms with E-state index >= 15 is 0 Å². The summed E-state index contributed by atoms with van der Waals surface area (Å²) < 4.78 is 47.4. The molecule has 168 valence electrons. The first kappa shape index (κ1) is 21.1. The smallest absolute Gasteiger partial charge is 0.464 e. The normalized spacial score (nSPS) is 22.0. The van der Waals surface area contributed by atoms with Crippen LogP contribution in [-0.2, 0) is 0 Å². The first-order valence-corrected chi connectivity index (χ1v) is 11.0. The van der Waals surface area contributed by atoms with E-state index in [0.717, 1.165) is 42.0 Å². The summed E-state index contributed by atoms with van der Waals surface area (Å²) in [6.07, 6.45) is 2.92. The van der Waals surface area contributed by atoms with Gasteiger partial charge in [-0.05, 0) is 75.0 Å². The number of alkyl halides is 3. The molecule has 3 heterocycles. The minimum atomic E-state index is -4.81. The molecule has 0 radical (unpaired) electrons. The van der Waals surface area contributed by atoms with E-state index in [2.05, 4.69) is 9.64 Å². The van der Waals surface area contributed by atoms with Crippen molar-refractivity contribution in [1.29, 1.82) is 0 Å². The third-order valence-electron chi connectivity index (χ3n) is 6.71. The van der Waals surface area contributed by atoms with Gasteiger partial charge in [0.2, 0.25) is 0 Å². The van der Waals surface area contributed by atoms with Crippen LogP contribution in [0.5, 0.6) is 5.75 Å². The topological polar surface area (TPSA) is 42.7 Å². The first-order valence-electron chi connectivity index (χ1n) is 11.0. The number of hydrogen-bond acceptors (Lipinski definition) is 4. The van der Waals surface area contributed by atoms with Crippen molar-refractivity contribution in [3.8, 4) is 5.75 Å². The number of benzene rings is 2. The van der Waals surface area contributed by atoms with Crippen molar-refractivity contribution in [3.63, 3.8) is 0 Å². The molecule has 0 amide bonds. The number of carbonyl (C=O) groups excluding carboxylic acids is 1. The molecule has 0 bridgehead atoms. The van der Waals surface area contributed by atoms with E-state index in [9.17, 15) is 18.0 Å². The molecule has 7 heteroatoms. The van der Waals surface area contributed by atoms with Gasteiger partial charge in [0.15, 0.2) is 5.78 Å². The zero-order valence-corrected chi connectivity index (χ0v) is 17.5. The van der Waals surface area contributed by atoms with Gasteiger partial charge < -0.3 is 14.1 Å². The third kappa shape index (κ3) is 4.26. The summed E-state index contributed by atoms with van der Waals surface area (Å²) in [4.78, 5) is 15.6. The maximum Gasteiger partial charge on any atom is 0.573 e. The Balaban J connectivity index is 1.41. The Morgan fingerprint density at radius 2 is 1.88 bits per heavy atom. The maximum atomic E-state index is 13.0. The van der Waals surface area contributed by atoms with Crippen molar-refractivity contribution in [3.05, 3.63) is 65.4 Å². The van der Waals surface area contributed by atoms with E-state index in [1.807, 2.05) is 0 Å². The van der Waals surface area contributed by atoms with Crippen molar-refractivity contribution in [2.45, 2.75) is 50.4 Å². The lowest BCUT2D eigenvalue weighted by Crippen LogP contribution is -2.44. The first-order chi connectivity index (χ1) is 15.4. The van der Waals surface area contributed by atoms with Gasteiger partial charge >= 0.3 is 6.36 Å². The van der Waals surface area contributed by atoms with Crippen LogP contribution in [0.4, 0.5) is 13.2 Å². The molecule has 32 heavy (non-hydrogen) atoms. The Kier molecular flexibility index (Phi) is 5.45. The molecular formula is C25H24F3NO3. The number of carbonyl (C=O) groups is 1. The summed E-state index contributed by atoms with van der Waals surface area (Å²) in [5, 5.41) is 0.910. The second-order valence-corrected chi connectivity index (χ2v) is 8.71. The van der Waals surface area contributed by atoms with Gasteiger partial charge in [-0.15, -0.1) is 13.2 Å². The summed E-state index contributed by atoms with van der Waals surface area (Å²) >= 11 is 0. The molecule has 2 saturated heterocycles. The molecule has 2 aromatic carbocycles. The maximum absolute atomic E-state index is 13.0. The largest absolute Gasteiger partial charge is 0.573 e. The Hall–Kier alpha value is -2.80. The van der Waals surface area contributed by atoms with Gasteiger partial charge in [0.1, 0.15) is 11.3 Å². The van der Waals surface area contributed by atoms with Gasteiger partial charge in [0.25, 0.3) is 0 Å². The molecule has 1 aromatic heterocycles. The lowest BCUT2D eigenvalue weighted by molar-refractivity contribution is -0.274. The second-order valence-electron chi connectivity index (χ2n) is 8.71. The standard InChI is InChI=1S/C25H24F3NO3/c26-25(27,28)32-20-6-3-4-17(13-20)24(30)18-7-8-23-21(14-18)22(15-31-23)16-9-11-29-10-2-1-5-19(29)12-16/h3-4,6-8,13-16,19H,1-2,5,9-12H2. The highest BCUT2D eigenvalue weighted by molar-refractivity contribution is 6.10. The van der Waals surface area contributed by atoms with E-state index in [4.69, 9.17) is 4.42 Å². The number of furan rings is 1. The molecule has 4 nitrogen and oxygen atoms in total. The van der Waals surface area contributed by atoms with Gasteiger partial charge in [-0.3, -0.25) is 4.79 Å². The van der Waals surface area contributed by atoms with Crippen LogP contribution in [0.1, 0.15) is 59.5 Å². The molecule has 2 fully saturated rings. The highest BCUT2D eigenvalue weighted by atomic mass is 19.4. The Labute approximate surface area is 183 Å². The van der Waals surface area contributed by atoms with Crippen LogP contribution >= 0.6 is 0 Å². The molecule has 2 unspecified atom stereocenters. The summed E-state index contributed by atoms with van der Waals surface area (Å²) in [6.45, 7) is 2.26. The van der Waals surface area contributed by atoms with Crippen LogP contribution in [0.15, 0.2) is 53.1 Å². The predicted octanol–water partition coefficient (Wildman–Crippen LogP) is 6.29. The number of ketones is 1. The van der Waals surface area contributed by atoms with Crippen LogP contribution in [0.25, 0.3) is 11.0 Å². The van der Waals surface area contributed by atoms with Crippen LogP contribution in [0.2, 0.25) is 0 Å². The SMILES string of the molecule is O=C(c1cccc(OC(F)(F)F)c1)c1ccc2occ(C3CCN4CCCCC4C3)c2c1. The van der Waals surface area contributed by atoms with Gasteiger partial charge in [0.05, 0.1) is 6.26 Å². The average Bonchev–Trinajstić information content (AvgIpc) is 3.20. The molecule has 0 aliphatic carbocycles. The number of hydrogen-bond donors (Lipinski definition) is 0. The second kappa shape index (κ2) is 8.28. The lowest BCUT2D eigenvalue weighted by Gasteiger charge is -2.42. The quantitative estimate of drug-likeness (QED) is 0.444. The van der Waals surface area contributed by atoms with E-state index in [-0.39, 0.29) is 11.3 Å². The molecule has 2 aliphatic rings. The number of piperidine rings is 2. The van der Waals surface area contributed by atoms with Crippen LogP contribution in [0.3, 0.4) is 0 Å². The molecule has 5 rings (SSSR count). The summed E-state index contributed by atoms with van der Waals surface area (Å²) in [6, 6.07) is 11.0. The molecule has 2 aliphatic heterocycles. The molecular weight excluding hydrogens is 419 g/mol. The van der Waals surface area contributed by atoms with E-state index in [1.165, 1.54) is 44.0 Å². The Bertz CT molecular complexity index is 1140. The number of nitrogens with zero attached hydrogens (tertiary/aromatic N) is 1. The molecule has 2 atom stereocenters. The predicted molar refractivity (Wildman–Crippen MR) is 114 cm³/mol. The summed E-state index contributed by atoms with van der Waals surface area (Å²) in [5.74, 6) is -0.383. The van der Waals surface area contributed by atoms with Crippen LogP contribution in [0, 0.1) is 0 Å². The number of ether oxygens (including phenoxy) is 1. The van der Waals surface area contributed by atoms with Crippen molar-refractivity contribution < 1.29 is 27.1 Å². The van der Waals surface area contributed by atoms with E-state index < -0.39 is 12.1 Å². The number of fused-ring (bicyclic) bond motifs is 2. The molecule has 0 N–H and O–H groups in total. The minimum Gasteiger partial charge on any atom is -0.464 e. The highest BCUT2D eigenvalue weighted by Gasteiger charge is 2.33. The molecule has 0 saturated carbocycles. The average molecular weight is 443 g/mol. The van der Waals surface area contributed by atoms with Crippen LogP contribution < -0.4 is 4.74 Å². The van der Waals surface area contributed by atoms with Crippen LogP contribution in [-0.4, -0.2) is 36.2 Å². The van der Waals surface area contributed by atoms with E-state index in [0.29, 0.717) is 17.5 Å².